The van der Waals surface area contributed by atoms with E-state index in [1.165, 1.54) is 4.57 Å². The van der Waals surface area contributed by atoms with Gasteiger partial charge in [0.1, 0.15) is 11.3 Å². The van der Waals surface area contributed by atoms with Crippen LogP contribution in [0.2, 0.25) is 10.0 Å². The normalized spacial score (nSPS) is 11.7. The smallest absolute Gasteiger partial charge is 0.332 e. The highest BCUT2D eigenvalue weighted by Crippen LogP contribution is 2.23. The second kappa shape index (κ2) is 8.15. The topological polar surface area (TPSA) is 72.7 Å². The van der Waals surface area contributed by atoms with E-state index in [9.17, 15) is 9.59 Å². The number of aromatic amines is 1. The van der Waals surface area contributed by atoms with Gasteiger partial charge in [0, 0.05) is 13.1 Å². The van der Waals surface area contributed by atoms with E-state index < -0.39 is 0 Å². The maximum atomic E-state index is 12.7. The molecule has 0 atom stereocenters. The van der Waals surface area contributed by atoms with Crippen molar-refractivity contribution >= 4 is 46.5 Å². The maximum Gasteiger partial charge on any atom is 0.332 e. The lowest BCUT2D eigenvalue weighted by atomic mass is 10.2. The summed E-state index contributed by atoms with van der Waals surface area (Å²) in [6, 6.07) is 5.28. The van der Waals surface area contributed by atoms with Gasteiger partial charge in [-0.2, -0.15) is 0 Å². The van der Waals surface area contributed by atoms with Crippen molar-refractivity contribution in [2.75, 3.05) is 0 Å². The SMILES string of the molecule is CCCn1c(=O)c2[nH]c(/C=C/c3ccc(Cl)c(Cl)c3)nc2n(CCC)c1=O. The third-order valence-electron chi connectivity index (χ3n) is 4.15. The number of aromatic nitrogens is 4. The first-order valence-corrected chi connectivity index (χ1v) is 9.58. The molecule has 0 spiro atoms. The van der Waals surface area contributed by atoms with E-state index in [4.69, 9.17) is 23.2 Å². The molecule has 0 radical (unpaired) electrons. The average Bonchev–Trinajstić information content (AvgIpc) is 3.07. The maximum absolute atomic E-state index is 12.7. The van der Waals surface area contributed by atoms with E-state index in [0.29, 0.717) is 46.5 Å². The minimum absolute atomic E-state index is 0.317. The van der Waals surface area contributed by atoms with Crippen molar-refractivity contribution in [2.45, 2.75) is 39.8 Å². The van der Waals surface area contributed by atoms with Crippen molar-refractivity contribution in [3.63, 3.8) is 0 Å². The van der Waals surface area contributed by atoms with Gasteiger partial charge in [-0.1, -0.05) is 49.2 Å². The van der Waals surface area contributed by atoms with E-state index in [-0.39, 0.29) is 11.2 Å². The van der Waals surface area contributed by atoms with E-state index in [2.05, 4.69) is 9.97 Å². The van der Waals surface area contributed by atoms with Gasteiger partial charge in [0.05, 0.1) is 10.0 Å². The lowest BCUT2D eigenvalue weighted by Gasteiger charge is -2.09. The Kier molecular flexibility index (Phi) is 5.87. The Hall–Kier alpha value is -2.31. The molecule has 27 heavy (non-hydrogen) atoms. The van der Waals surface area contributed by atoms with Crippen molar-refractivity contribution in [3.05, 3.63) is 60.5 Å². The first kappa shape index (κ1) is 19.5. The molecule has 0 unspecified atom stereocenters. The molecular weight excluding hydrogens is 387 g/mol. The first-order chi connectivity index (χ1) is 13.0. The number of benzene rings is 1. The molecule has 0 saturated carbocycles. The summed E-state index contributed by atoms with van der Waals surface area (Å²) in [5.41, 5.74) is 0.908. The van der Waals surface area contributed by atoms with Gasteiger partial charge in [0.25, 0.3) is 5.56 Å². The number of hydrogen-bond donors (Lipinski definition) is 1. The van der Waals surface area contributed by atoms with Crippen LogP contribution in [0, 0.1) is 0 Å². The summed E-state index contributed by atoms with van der Waals surface area (Å²) in [6.45, 7) is 4.79. The minimum Gasteiger partial charge on any atom is -0.333 e. The highest BCUT2D eigenvalue weighted by Gasteiger charge is 2.15. The minimum atomic E-state index is -0.342. The number of aryl methyl sites for hydroxylation is 1. The molecule has 2 aromatic heterocycles. The van der Waals surface area contributed by atoms with Gasteiger partial charge in [0.15, 0.2) is 5.65 Å². The molecule has 0 bridgehead atoms. The first-order valence-electron chi connectivity index (χ1n) is 8.82. The molecular formula is C19H20Cl2N4O2. The number of nitrogens with zero attached hydrogens (tertiary/aromatic N) is 3. The van der Waals surface area contributed by atoms with E-state index >= 15 is 0 Å². The standard InChI is InChI=1S/C19H20Cl2N4O2/c1-3-9-24-17-16(18(26)25(10-4-2)19(24)27)22-15(23-17)8-6-12-5-7-13(20)14(21)11-12/h5-8,11H,3-4,9-10H2,1-2H3,(H,22,23)/b8-6+. The second-order valence-corrected chi connectivity index (χ2v) is 7.03. The molecule has 1 N–H and O–H groups in total. The van der Waals surface area contributed by atoms with Crippen LogP contribution in [-0.2, 0) is 13.1 Å². The van der Waals surface area contributed by atoms with Gasteiger partial charge in [0.2, 0.25) is 0 Å². The number of rotatable bonds is 6. The van der Waals surface area contributed by atoms with Crippen molar-refractivity contribution < 1.29 is 0 Å². The average molecular weight is 407 g/mol. The van der Waals surface area contributed by atoms with Crippen molar-refractivity contribution in [1.29, 1.82) is 0 Å². The summed E-state index contributed by atoms with van der Waals surface area (Å²) in [7, 11) is 0. The van der Waals surface area contributed by atoms with Gasteiger partial charge in [-0.3, -0.25) is 13.9 Å². The molecule has 3 rings (SSSR count). The number of nitrogens with one attached hydrogen (secondary N) is 1. The van der Waals surface area contributed by atoms with Crippen molar-refractivity contribution in [3.8, 4) is 0 Å². The van der Waals surface area contributed by atoms with E-state index in [1.54, 1.807) is 22.8 Å². The fourth-order valence-corrected chi connectivity index (χ4v) is 3.21. The molecule has 2 heterocycles. The zero-order valence-electron chi connectivity index (χ0n) is 15.1. The number of hydrogen-bond acceptors (Lipinski definition) is 3. The van der Waals surface area contributed by atoms with Crippen molar-refractivity contribution in [2.24, 2.45) is 0 Å². The quantitative estimate of drug-likeness (QED) is 0.666. The third kappa shape index (κ3) is 3.87. The Morgan fingerprint density at radius 2 is 1.74 bits per heavy atom. The van der Waals surface area contributed by atoms with Crippen LogP contribution in [0.25, 0.3) is 23.3 Å². The molecule has 0 aliphatic rings. The number of fused-ring (bicyclic) bond motifs is 1. The van der Waals surface area contributed by atoms with Crippen LogP contribution >= 0.6 is 23.2 Å². The third-order valence-corrected chi connectivity index (χ3v) is 4.89. The fourth-order valence-electron chi connectivity index (χ4n) is 2.90. The van der Waals surface area contributed by atoms with Gasteiger partial charge in [-0.15, -0.1) is 0 Å². The highest BCUT2D eigenvalue weighted by atomic mass is 35.5. The van der Waals surface area contributed by atoms with Crippen LogP contribution in [0.5, 0.6) is 0 Å². The van der Waals surface area contributed by atoms with Crippen LogP contribution in [0.1, 0.15) is 38.1 Å². The molecule has 0 aliphatic carbocycles. The summed E-state index contributed by atoms with van der Waals surface area (Å²) < 4.78 is 2.82. The van der Waals surface area contributed by atoms with Crippen LogP contribution in [-0.4, -0.2) is 19.1 Å². The monoisotopic (exact) mass is 406 g/mol. The van der Waals surface area contributed by atoms with Gasteiger partial charge < -0.3 is 4.98 Å². The van der Waals surface area contributed by atoms with Gasteiger partial charge in [-0.05, 0) is 36.6 Å². The van der Waals surface area contributed by atoms with Crippen LogP contribution in [0.4, 0.5) is 0 Å². The molecule has 6 nitrogen and oxygen atoms in total. The van der Waals surface area contributed by atoms with Crippen LogP contribution in [0.3, 0.4) is 0 Å². The van der Waals surface area contributed by atoms with Gasteiger partial charge >= 0.3 is 5.69 Å². The summed E-state index contributed by atoms with van der Waals surface area (Å²) >= 11 is 12.0. The zero-order chi connectivity index (χ0) is 19.6. The lowest BCUT2D eigenvalue weighted by Crippen LogP contribution is -2.40. The molecule has 3 aromatic rings. The Bertz CT molecular complexity index is 1130. The summed E-state index contributed by atoms with van der Waals surface area (Å²) in [4.78, 5) is 32.8. The summed E-state index contributed by atoms with van der Waals surface area (Å²) in [5, 5.41) is 0.945. The van der Waals surface area contributed by atoms with Crippen LogP contribution in [0.15, 0.2) is 27.8 Å². The Balaban J connectivity index is 2.10. The number of imidazole rings is 1. The predicted molar refractivity (Wildman–Crippen MR) is 111 cm³/mol. The molecule has 142 valence electrons. The lowest BCUT2D eigenvalue weighted by molar-refractivity contribution is 0.555. The molecule has 1 aromatic carbocycles. The van der Waals surface area contributed by atoms with Crippen molar-refractivity contribution in [1.82, 2.24) is 19.1 Å². The molecule has 0 aliphatic heterocycles. The number of halogens is 2. The molecule has 0 saturated heterocycles. The Morgan fingerprint density at radius 1 is 1.04 bits per heavy atom. The fraction of sp³-hybridized carbons (Fsp3) is 0.316. The zero-order valence-corrected chi connectivity index (χ0v) is 16.6. The predicted octanol–water partition coefficient (Wildman–Crippen LogP) is 4.18. The van der Waals surface area contributed by atoms with Gasteiger partial charge in [-0.25, -0.2) is 9.78 Å². The second-order valence-electron chi connectivity index (χ2n) is 6.22. The molecule has 0 fully saturated rings. The highest BCUT2D eigenvalue weighted by molar-refractivity contribution is 6.42. The Morgan fingerprint density at radius 3 is 2.41 bits per heavy atom. The largest absolute Gasteiger partial charge is 0.333 e. The Labute approximate surface area is 166 Å². The molecule has 0 amide bonds. The summed E-state index contributed by atoms with van der Waals surface area (Å²) in [5.74, 6) is 0.492. The summed E-state index contributed by atoms with van der Waals surface area (Å²) in [6.07, 6.45) is 5.02. The van der Waals surface area contributed by atoms with E-state index in [1.807, 2.05) is 26.0 Å². The van der Waals surface area contributed by atoms with Crippen LogP contribution < -0.4 is 11.2 Å². The molecule has 8 heteroatoms. The number of H-pyrrole nitrogens is 1. The van der Waals surface area contributed by atoms with E-state index in [0.717, 1.165) is 12.0 Å².